The number of hydrogen-bond donors (Lipinski definition) is 2. The first-order chi connectivity index (χ1) is 6.56. The molecule has 2 N–H and O–H groups in total. The summed E-state index contributed by atoms with van der Waals surface area (Å²) in [6, 6.07) is 1.29. The number of carbonyl (C=O) groups is 2. The zero-order chi connectivity index (χ0) is 10.7. The third-order valence-corrected chi connectivity index (χ3v) is 1.84. The molecular weight excluding hydrogens is 186 g/mol. The number of hydrogen-bond acceptors (Lipinski definition) is 2. The van der Waals surface area contributed by atoms with Crippen molar-refractivity contribution in [3.05, 3.63) is 29.6 Å². The lowest BCUT2D eigenvalue weighted by Crippen LogP contribution is -2.33. The second-order valence-corrected chi connectivity index (χ2v) is 2.71. The van der Waals surface area contributed by atoms with Crippen LogP contribution < -0.4 is 4.57 Å². The Labute approximate surface area is 80.2 Å². The van der Waals surface area contributed by atoms with Crippen LogP contribution in [0.15, 0.2) is 18.5 Å². The molecule has 1 aromatic rings. The molecule has 0 radical (unpaired) electrons. The predicted octanol–water partition coefficient (Wildman–Crippen LogP) is 0.390. The van der Waals surface area contributed by atoms with Gasteiger partial charge in [-0.15, -0.1) is 0 Å². The predicted molar refractivity (Wildman–Crippen MR) is 46.2 cm³/mol. The summed E-state index contributed by atoms with van der Waals surface area (Å²) in [4.78, 5) is 21.4. The van der Waals surface area contributed by atoms with Crippen molar-refractivity contribution in [1.29, 1.82) is 0 Å². The van der Waals surface area contributed by atoms with Gasteiger partial charge in [0.25, 0.3) is 0 Å². The number of aromatic nitrogens is 1. The molecule has 5 nitrogen and oxygen atoms in total. The highest BCUT2D eigenvalue weighted by atomic mass is 16.4. The summed E-state index contributed by atoms with van der Waals surface area (Å²) < 4.78 is 1.61. The third-order valence-electron chi connectivity index (χ3n) is 1.84. The van der Waals surface area contributed by atoms with E-state index in [1.807, 2.05) is 6.92 Å². The minimum atomic E-state index is -1.23. The lowest BCUT2D eigenvalue weighted by molar-refractivity contribution is -0.693. The minimum Gasteiger partial charge on any atom is -0.478 e. The van der Waals surface area contributed by atoms with Gasteiger partial charge in [0, 0.05) is 6.07 Å². The van der Waals surface area contributed by atoms with Gasteiger partial charge in [-0.1, -0.05) is 0 Å². The first-order valence-electron chi connectivity index (χ1n) is 4.06. The fourth-order valence-corrected chi connectivity index (χ4v) is 1.09. The normalized spacial score (nSPS) is 9.79. The smallest absolute Gasteiger partial charge is 0.342 e. The summed E-state index contributed by atoms with van der Waals surface area (Å²) >= 11 is 0. The Morgan fingerprint density at radius 1 is 1.29 bits per heavy atom. The molecule has 1 heterocycles. The van der Waals surface area contributed by atoms with Crippen LogP contribution in [0.25, 0.3) is 0 Å². The van der Waals surface area contributed by atoms with E-state index in [-0.39, 0.29) is 11.1 Å². The molecule has 0 saturated carbocycles. The van der Waals surface area contributed by atoms with E-state index in [2.05, 4.69) is 0 Å². The summed E-state index contributed by atoms with van der Waals surface area (Å²) in [6.45, 7) is 2.44. The number of rotatable bonds is 3. The lowest BCUT2D eigenvalue weighted by Gasteiger charge is -1.99. The Morgan fingerprint density at radius 3 is 2.29 bits per heavy atom. The summed E-state index contributed by atoms with van der Waals surface area (Å²) in [5.74, 6) is -2.46. The lowest BCUT2D eigenvalue weighted by atomic mass is 10.1. The zero-order valence-corrected chi connectivity index (χ0v) is 7.60. The van der Waals surface area contributed by atoms with Gasteiger partial charge >= 0.3 is 11.9 Å². The molecule has 0 aliphatic heterocycles. The highest BCUT2D eigenvalue weighted by Crippen LogP contribution is 2.05. The highest BCUT2D eigenvalue weighted by Gasteiger charge is 2.19. The van der Waals surface area contributed by atoms with Crippen molar-refractivity contribution in [3.63, 3.8) is 0 Å². The molecule has 0 aromatic carbocycles. The SMILES string of the molecule is CC[n+]1ccc(C(=O)O)c(C(=O)O)c1. The molecule has 0 aliphatic carbocycles. The van der Waals surface area contributed by atoms with Crippen molar-refractivity contribution in [1.82, 2.24) is 0 Å². The van der Waals surface area contributed by atoms with E-state index in [1.54, 1.807) is 4.57 Å². The van der Waals surface area contributed by atoms with E-state index in [1.165, 1.54) is 18.5 Å². The standard InChI is InChI=1S/C9H9NO4/c1-2-10-4-3-6(8(11)12)7(5-10)9(13)14/h3-5H,2H2,1H3,(H-,11,12,13,14)/p+1. The average Bonchev–Trinajstić information content (AvgIpc) is 2.16. The van der Waals surface area contributed by atoms with E-state index in [0.717, 1.165) is 0 Å². The molecule has 0 unspecified atom stereocenters. The van der Waals surface area contributed by atoms with Crippen LogP contribution in [0.1, 0.15) is 27.6 Å². The number of aryl methyl sites for hydroxylation is 1. The monoisotopic (exact) mass is 196 g/mol. The summed E-state index contributed by atoms with van der Waals surface area (Å²) in [7, 11) is 0. The van der Waals surface area contributed by atoms with Crippen LogP contribution in [0.2, 0.25) is 0 Å². The fraction of sp³-hybridized carbons (Fsp3) is 0.222. The zero-order valence-electron chi connectivity index (χ0n) is 7.60. The second kappa shape index (κ2) is 3.87. The van der Waals surface area contributed by atoms with Crippen LogP contribution in [0.3, 0.4) is 0 Å². The van der Waals surface area contributed by atoms with Gasteiger partial charge in [-0.3, -0.25) is 0 Å². The molecule has 1 rings (SSSR count). The van der Waals surface area contributed by atoms with E-state index < -0.39 is 11.9 Å². The van der Waals surface area contributed by atoms with E-state index in [0.29, 0.717) is 6.54 Å². The van der Waals surface area contributed by atoms with Gasteiger partial charge in [0.2, 0.25) is 0 Å². The van der Waals surface area contributed by atoms with Crippen LogP contribution in [0.4, 0.5) is 0 Å². The van der Waals surface area contributed by atoms with Crippen molar-refractivity contribution >= 4 is 11.9 Å². The van der Waals surface area contributed by atoms with Gasteiger partial charge in [-0.05, 0) is 6.92 Å². The topological polar surface area (TPSA) is 78.5 Å². The molecule has 0 atom stereocenters. The Kier molecular flexibility index (Phi) is 2.81. The quantitative estimate of drug-likeness (QED) is 0.685. The van der Waals surface area contributed by atoms with Crippen LogP contribution in [0.5, 0.6) is 0 Å². The van der Waals surface area contributed by atoms with E-state index >= 15 is 0 Å². The maximum atomic E-state index is 10.7. The largest absolute Gasteiger partial charge is 0.478 e. The van der Waals surface area contributed by atoms with Crippen LogP contribution in [-0.4, -0.2) is 22.2 Å². The van der Waals surface area contributed by atoms with Crippen molar-refractivity contribution in [3.8, 4) is 0 Å². The van der Waals surface area contributed by atoms with Crippen molar-refractivity contribution in [2.24, 2.45) is 0 Å². The molecule has 0 spiro atoms. The van der Waals surface area contributed by atoms with Crippen LogP contribution in [0, 0.1) is 0 Å². The number of pyridine rings is 1. The van der Waals surface area contributed by atoms with Gasteiger partial charge in [0.05, 0.1) is 5.56 Å². The first-order valence-corrected chi connectivity index (χ1v) is 4.06. The molecule has 0 aliphatic rings. The molecule has 1 aromatic heterocycles. The summed E-state index contributed by atoms with van der Waals surface area (Å²) in [6.07, 6.45) is 2.85. The molecule has 74 valence electrons. The number of nitrogens with zero attached hydrogens (tertiary/aromatic N) is 1. The van der Waals surface area contributed by atoms with Gasteiger partial charge in [0.15, 0.2) is 12.4 Å². The Morgan fingerprint density at radius 2 is 1.86 bits per heavy atom. The van der Waals surface area contributed by atoms with Gasteiger partial charge in [0.1, 0.15) is 12.1 Å². The molecule has 5 heteroatoms. The Balaban J connectivity index is 3.31. The number of aromatic carboxylic acids is 2. The van der Waals surface area contributed by atoms with E-state index in [9.17, 15) is 9.59 Å². The first kappa shape index (κ1) is 10.2. The summed E-state index contributed by atoms with van der Waals surface area (Å²) in [5, 5.41) is 17.5. The molecule has 14 heavy (non-hydrogen) atoms. The molecular formula is C9H10NO4+. The minimum absolute atomic E-state index is 0.192. The summed E-state index contributed by atoms with van der Waals surface area (Å²) in [5.41, 5.74) is -0.385. The molecule has 0 fully saturated rings. The van der Waals surface area contributed by atoms with E-state index in [4.69, 9.17) is 10.2 Å². The average molecular weight is 196 g/mol. The number of carboxylic acid groups (broad SMARTS) is 2. The molecule has 0 saturated heterocycles. The second-order valence-electron chi connectivity index (χ2n) is 2.71. The van der Waals surface area contributed by atoms with Crippen molar-refractivity contribution in [2.45, 2.75) is 13.5 Å². The van der Waals surface area contributed by atoms with Gasteiger partial charge in [-0.25, -0.2) is 14.2 Å². The fourth-order valence-electron chi connectivity index (χ4n) is 1.09. The van der Waals surface area contributed by atoms with Crippen molar-refractivity contribution < 1.29 is 24.4 Å². The maximum Gasteiger partial charge on any atom is 0.342 e. The Hall–Kier alpha value is -1.91. The van der Waals surface area contributed by atoms with Crippen molar-refractivity contribution in [2.75, 3.05) is 0 Å². The van der Waals surface area contributed by atoms with Gasteiger partial charge < -0.3 is 10.2 Å². The van der Waals surface area contributed by atoms with Gasteiger partial charge in [-0.2, -0.15) is 0 Å². The third kappa shape index (κ3) is 1.87. The van der Waals surface area contributed by atoms with Crippen LogP contribution >= 0.6 is 0 Å². The molecule has 0 bridgehead atoms. The van der Waals surface area contributed by atoms with Crippen LogP contribution in [-0.2, 0) is 6.54 Å². The molecule has 0 amide bonds. The Bertz CT molecular complexity index is 386. The number of carboxylic acids is 2. The highest BCUT2D eigenvalue weighted by molar-refractivity contribution is 6.01. The maximum absolute atomic E-state index is 10.7.